The molecule has 1 aromatic rings. The Morgan fingerprint density at radius 3 is 2.82 bits per heavy atom. The van der Waals surface area contributed by atoms with Gasteiger partial charge < -0.3 is 15.5 Å². The second-order valence-electron chi connectivity index (χ2n) is 3.91. The standard InChI is InChI=1S/C11H13N3O3/c1-7-3-4-9(14-8(7)5-12)13-6-11(2,17)10(15)16/h3-4,17H,6H2,1-2H3,(H,13,14)(H,15,16). The summed E-state index contributed by atoms with van der Waals surface area (Å²) in [6.07, 6.45) is 0. The Bertz CT molecular complexity index is 477. The van der Waals surface area contributed by atoms with E-state index in [0.717, 1.165) is 5.56 Å². The molecule has 0 spiro atoms. The number of aliphatic hydroxyl groups is 1. The summed E-state index contributed by atoms with van der Waals surface area (Å²) in [4.78, 5) is 14.6. The molecule has 0 saturated carbocycles. The fourth-order valence-electron chi connectivity index (χ4n) is 1.08. The van der Waals surface area contributed by atoms with Gasteiger partial charge in [-0.1, -0.05) is 6.07 Å². The van der Waals surface area contributed by atoms with Crippen LogP contribution < -0.4 is 5.32 Å². The van der Waals surface area contributed by atoms with Gasteiger partial charge >= 0.3 is 5.97 Å². The topological polar surface area (TPSA) is 106 Å². The molecule has 0 radical (unpaired) electrons. The summed E-state index contributed by atoms with van der Waals surface area (Å²) < 4.78 is 0. The number of aliphatic carboxylic acids is 1. The Labute approximate surface area is 98.5 Å². The van der Waals surface area contributed by atoms with E-state index in [2.05, 4.69) is 10.3 Å². The second kappa shape index (κ2) is 4.80. The number of hydrogen-bond acceptors (Lipinski definition) is 5. The van der Waals surface area contributed by atoms with Crippen LogP contribution in [0.4, 0.5) is 5.82 Å². The normalized spacial score (nSPS) is 13.5. The monoisotopic (exact) mass is 235 g/mol. The number of nitrogens with zero attached hydrogens (tertiary/aromatic N) is 2. The van der Waals surface area contributed by atoms with Crippen LogP contribution in [0.3, 0.4) is 0 Å². The van der Waals surface area contributed by atoms with Gasteiger partial charge in [0, 0.05) is 0 Å². The number of carbonyl (C=O) groups is 1. The highest BCUT2D eigenvalue weighted by atomic mass is 16.4. The van der Waals surface area contributed by atoms with Crippen LogP contribution in [0.1, 0.15) is 18.2 Å². The molecule has 6 heteroatoms. The van der Waals surface area contributed by atoms with Gasteiger partial charge in [0.15, 0.2) is 5.60 Å². The van der Waals surface area contributed by atoms with E-state index in [-0.39, 0.29) is 12.2 Å². The number of aryl methyl sites for hydroxylation is 1. The van der Waals surface area contributed by atoms with E-state index < -0.39 is 11.6 Å². The van der Waals surface area contributed by atoms with Crippen LogP contribution in [0.5, 0.6) is 0 Å². The maximum Gasteiger partial charge on any atom is 0.337 e. The van der Waals surface area contributed by atoms with Crippen LogP contribution in [0.25, 0.3) is 0 Å². The first-order valence-electron chi connectivity index (χ1n) is 4.94. The van der Waals surface area contributed by atoms with Crippen LogP contribution in [-0.4, -0.2) is 33.3 Å². The molecule has 0 aromatic carbocycles. The van der Waals surface area contributed by atoms with Gasteiger partial charge in [-0.3, -0.25) is 0 Å². The highest BCUT2D eigenvalue weighted by Gasteiger charge is 2.29. The van der Waals surface area contributed by atoms with Crippen molar-refractivity contribution in [2.24, 2.45) is 0 Å². The number of anilines is 1. The molecule has 6 nitrogen and oxygen atoms in total. The third kappa shape index (κ3) is 3.16. The molecular formula is C11H13N3O3. The maximum absolute atomic E-state index is 10.7. The SMILES string of the molecule is Cc1ccc(NCC(C)(O)C(=O)O)nc1C#N. The molecule has 1 rings (SSSR count). The summed E-state index contributed by atoms with van der Waals surface area (Å²) in [5, 5.41) is 29.6. The number of carboxylic acids is 1. The molecule has 3 N–H and O–H groups in total. The number of carboxylic acid groups (broad SMARTS) is 1. The highest BCUT2D eigenvalue weighted by Crippen LogP contribution is 2.11. The van der Waals surface area contributed by atoms with E-state index >= 15 is 0 Å². The van der Waals surface area contributed by atoms with Crippen molar-refractivity contribution in [1.29, 1.82) is 5.26 Å². The molecule has 0 saturated heterocycles. The Balaban J connectivity index is 2.78. The first-order valence-corrected chi connectivity index (χ1v) is 4.94. The smallest absolute Gasteiger partial charge is 0.337 e. The molecule has 0 bridgehead atoms. The number of aromatic nitrogens is 1. The van der Waals surface area contributed by atoms with Crippen molar-refractivity contribution in [3.8, 4) is 6.07 Å². The summed E-state index contributed by atoms with van der Waals surface area (Å²) in [6, 6.07) is 5.24. The lowest BCUT2D eigenvalue weighted by atomic mass is 10.1. The first-order chi connectivity index (χ1) is 7.86. The molecule has 0 fully saturated rings. The van der Waals surface area contributed by atoms with Crippen LogP contribution in [0.15, 0.2) is 12.1 Å². The van der Waals surface area contributed by atoms with Crippen LogP contribution >= 0.6 is 0 Å². The van der Waals surface area contributed by atoms with Crippen LogP contribution in [0, 0.1) is 18.3 Å². The van der Waals surface area contributed by atoms with Crippen LogP contribution in [-0.2, 0) is 4.79 Å². The lowest BCUT2D eigenvalue weighted by Crippen LogP contribution is -2.41. The third-order valence-electron chi connectivity index (χ3n) is 2.28. The molecule has 0 aliphatic heterocycles. The van der Waals surface area contributed by atoms with Crippen molar-refractivity contribution in [3.05, 3.63) is 23.4 Å². The molecule has 1 unspecified atom stereocenters. The minimum absolute atomic E-state index is 0.191. The number of hydrogen-bond donors (Lipinski definition) is 3. The van der Waals surface area contributed by atoms with E-state index in [9.17, 15) is 9.90 Å². The summed E-state index contributed by atoms with van der Waals surface area (Å²) in [6.45, 7) is 2.74. The van der Waals surface area contributed by atoms with Gasteiger partial charge in [-0.25, -0.2) is 9.78 Å². The molecule has 1 atom stereocenters. The Kier molecular flexibility index (Phi) is 3.66. The average molecular weight is 235 g/mol. The Hall–Kier alpha value is -2.13. The zero-order valence-corrected chi connectivity index (χ0v) is 9.56. The summed E-state index contributed by atoms with van der Waals surface area (Å²) in [5.41, 5.74) is -0.868. The third-order valence-corrected chi connectivity index (χ3v) is 2.28. The van der Waals surface area contributed by atoms with Crippen molar-refractivity contribution in [1.82, 2.24) is 4.98 Å². The fourth-order valence-corrected chi connectivity index (χ4v) is 1.08. The molecule has 17 heavy (non-hydrogen) atoms. The van der Waals surface area contributed by atoms with Gasteiger partial charge in [0.25, 0.3) is 0 Å². The minimum Gasteiger partial charge on any atom is -0.479 e. The Morgan fingerprint density at radius 1 is 1.65 bits per heavy atom. The van der Waals surface area contributed by atoms with Crippen molar-refractivity contribution < 1.29 is 15.0 Å². The molecule has 1 heterocycles. The lowest BCUT2D eigenvalue weighted by molar-refractivity contribution is -0.155. The first kappa shape index (κ1) is 12.9. The second-order valence-corrected chi connectivity index (χ2v) is 3.91. The van der Waals surface area contributed by atoms with Gasteiger partial charge in [-0.2, -0.15) is 5.26 Å². The van der Waals surface area contributed by atoms with Crippen molar-refractivity contribution in [2.45, 2.75) is 19.4 Å². The zero-order valence-electron chi connectivity index (χ0n) is 9.56. The molecule has 0 aliphatic rings. The quantitative estimate of drug-likeness (QED) is 0.702. The zero-order chi connectivity index (χ0) is 13.1. The number of pyridine rings is 1. The summed E-state index contributed by atoms with van der Waals surface area (Å²) in [5.74, 6) is -0.966. The van der Waals surface area contributed by atoms with Gasteiger partial charge in [0.05, 0.1) is 6.54 Å². The van der Waals surface area contributed by atoms with Crippen molar-refractivity contribution in [3.63, 3.8) is 0 Å². The predicted molar refractivity (Wildman–Crippen MR) is 60.4 cm³/mol. The maximum atomic E-state index is 10.7. The lowest BCUT2D eigenvalue weighted by Gasteiger charge is -2.18. The van der Waals surface area contributed by atoms with E-state index in [0.29, 0.717) is 5.82 Å². The van der Waals surface area contributed by atoms with E-state index in [1.807, 2.05) is 6.07 Å². The highest BCUT2D eigenvalue weighted by molar-refractivity contribution is 5.77. The Morgan fingerprint density at radius 2 is 2.29 bits per heavy atom. The largest absolute Gasteiger partial charge is 0.479 e. The molecule has 90 valence electrons. The van der Waals surface area contributed by atoms with Gasteiger partial charge in [0.1, 0.15) is 17.6 Å². The molecule has 0 amide bonds. The number of nitriles is 1. The average Bonchev–Trinajstić information content (AvgIpc) is 2.28. The van der Waals surface area contributed by atoms with Crippen molar-refractivity contribution >= 4 is 11.8 Å². The van der Waals surface area contributed by atoms with E-state index in [1.54, 1.807) is 19.1 Å². The molecule has 0 aliphatic carbocycles. The van der Waals surface area contributed by atoms with E-state index in [4.69, 9.17) is 10.4 Å². The fraction of sp³-hybridized carbons (Fsp3) is 0.364. The van der Waals surface area contributed by atoms with Gasteiger partial charge in [0.2, 0.25) is 0 Å². The number of rotatable bonds is 4. The molecular weight excluding hydrogens is 222 g/mol. The van der Waals surface area contributed by atoms with E-state index in [1.165, 1.54) is 6.92 Å². The summed E-state index contributed by atoms with van der Waals surface area (Å²) in [7, 11) is 0. The molecule has 1 aromatic heterocycles. The number of nitrogens with one attached hydrogen (secondary N) is 1. The van der Waals surface area contributed by atoms with Crippen LogP contribution in [0.2, 0.25) is 0 Å². The minimum atomic E-state index is -1.88. The van der Waals surface area contributed by atoms with Gasteiger partial charge in [-0.05, 0) is 25.5 Å². The predicted octanol–water partition coefficient (Wildman–Crippen LogP) is 0.509. The van der Waals surface area contributed by atoms with Gasteiger partial charge in [-0.15, -0.1) is 0 Å². The summed E-state index contributed by atoms with van der Waals surface area (Å²) >= 11 is 0. The van der Waals surface area contributed by atoms with Crippen molar-refractivity contribution in [2.75, 3.05) is 11.9 Å².